The van der Waals surface area contributed by atoms with Crippen LogP contribution < -0.4 is 22.1 Å². The van der Waals surface area contributed by atoms with E-state index < -0.39 is 62.2 Å². The number of fused-ring (bicyclic) bond motifs is 1. The van der Waals surface area contributed by atoms with E-state index in [1.54, 1.807) is 19.3 Å². The topological polar surface area (TPSA) is 169 Å². The third-order valence-corrected chi connectivity index (χ3v) is 9.75. The Labute approximate surface area is 212 Å². The number of carboxylic acids is 1. The van der Waals surface area contributed by atoms with Crippen LogP contribution in [0.3, 0.4) is 0 Å². The Morgan fingerprint density at radius 2 is 1.92 bits per heavy atom. The second-order valence-corrected chi connectivity index (χ2v) is 12.1. The normalized spacial score (nSPS) is 26.2. The molecule has 2 unspecified atom stereocenters. The molecular weight excluding hydrogens is 511 g/mol. The number of amidine groups is 1. The van der Waals surface area contributed by atoms with Crippen LogP contribution >= 0.6 is 10.5 Å². The van der Waals surface area contributed by atoms with Gasteiger partial charge in [0, 0.05) is 18.1 Å². The summed E-state index contributed by atoms with van der Waals surface area (Å²) >= 11 is 0. The number of carboxylic acid groups (broad SMARTS) is 1. The van der Waals surface area contributed by atoms with Crippen molar-refractivity contribution in [2.75, 3.05) is 11.9 Å². The number of nitrogens with two attached hydrogens (primary N) is 2. The standard InChI is InChI=1S/C23H26F3N7O3S/c1-20(2)19(28)33-21(3,23(30-11-37(20)23)9-22(25,26)10-27)16-13(24)5-7-15(31-16)32-17(34)14-6-4-12(8-29-14)18(35)36/h4-8,11,30H,9-10,27H2,1-3H3,(H2,28,33)(H,35,36)(H,31,32,34)/t21-,23?,37?/m1/s1. The molecule has 4 rings (SSSR count). The summed E-state index contributed by atoms with van der Waals surface area (Å²) in [5, 5.41) is 14.4. The summed E-state index contributed by atoms with van der Waals surface area (Å²) in [6, 6.07) is 4.66. The van der Waals surface area contributed by atoms with Crippen LogP contribution in [-0.4, -0.2) is 60.4 Å². The predicted octanol–water partition coefficient (Wildman–Crippen LogP) is 2.24. The third kappa shape index (κ3) is 4.28. The zero-order chi connectivity index (χ0) is 27.4. The van der Waals surface area contributed by atoms with Crippen LogP contribution in [0.15, 0.2) is 35.5 Å². The van der Waals surface area contributed by atoms with Crippen molar-refractivity contribution in [3.05, 3.63) is 53.2 Å². The van der Waals surface area contributed by atoms with Gasteiger partial charge in [-0.25, -0.2) is 22.9 Å². The van der Waals surface area contributed by atoms with Gasteiger partial charge in [-0.2, -0.15) is 0 Å². The zero-order valence-electron chi connectivity index (χ0n) is 20.2. The predicted molar refractivity (Wildman–Crippen MR) is 135 cm³/mol. The van der Waals surface area contributed by atoms with E-state index in [1.807, 2.05) is 0 Å². The van der Waals surface area contributed by atoms with Crippen molar-refractivity contribution in [2.45, 2.75) is 48.3 Å². The van der Waals surface area contributed by atoms with Gasteiger partial charge in [-0.1, -0.05) is 0 Å². The summed E-state index contributed by atoms with van der Waals surface area (Å²) in [5.74, 6) is -5.99. The average Bonchev–Trinajstić information content (AvgIpc) is 2.81. The lowest BCUT2D eigenvalue weighted by molar-refractivity contribution is -0.0207. The number of halogens is 3. The molecule has 2 aromatic rings. The van der Waals surface area contributed by atoms with Crippen LogP contribution in [0, 0.1) is 5.82 Å². The number of alkyl halides is 2. The van der Waals surface area contributed by atoms with E-state index in [0.29, 0.717) is 0 Å². The number of hydrogen-bond acceptors (Lipinski definition) is 8. The third-order valence-electron chi connectivity index (χ3n) is 6.68. The monoisotopic (exact) mass is 537 g/mol. The van der Waals surface area contributed by atoms with E-state index in [2.05, 4.69) is 25.6 Å². The summed E-state index contributed by atoms with van der Waals surface area (Å²) in [5.41, 5.74) is 11.1. The molecule has 0 aliphatic carbocycles. The van der Waals surface area contributed by atoms with Crippen LogP contribution in [-0.2, 0) is 5.54 Å². The molecule has 0 radical (unpaired) electrons. The Bertz CT molecular complexity index is 1350. The van der Waals surface area contributed by atoms with Crippen molar-refractivity contribution in [2.24, 2.45) is 16.5 Å². The Kier molecular flexibility index (Phi) is 6.41. The highest BCUT2D eigenvalue weighted by atomic mass is 32.2. The maximum Gasteiger partial charge on any atom is 0.337 e. The summed E-state index contributed by atoms with van der Waals surface area (Å²) in [7, 11) is -0.912. The van der Waals surface area contributed by atoms with Crippen LogP contribution in [0.5, 0.6) is 0 Å². The minimum absolute atomic E-state index is 0.0886. The van der Waals surface area contributed by atoms with Crippen molar-refractivity contribution in [1.82, 2.24) is 15.3 Å². The van der Waals surface area contributed by atoms with Gasteiger partial charge in [0.25, 0.3) is 11.8 Å². The minimum atomic E-state index is -3.29. The molecule has 0 saturated heterocycles. The summed E-state index contributed by atoms with van der Waals surface area (Å²) in [6.07, 6.45) is 0.272. The number of nitrogens with one attached hydrogen (secondary N) is 2. The molecule has 7 N–H and O–H groups in total. The van der Waals surface area contributed by atoms with Crippen molar-refractivity contribution in [3.63, 3.8) is 0 Å². The molecule has 0 aromatic carbocycles. The Balaban J connectivity index is 1.77. The van der Waals surface area contributed by atoms with Crippen LogP contribution in [0.25, 0.3) is 0 Å². The van der Waals surface area contributed by atoms with Gasteiger partial charge in [-0.15, -0.1) is 10.5 Å². The first-order chi connectivity index (χ1) is 17.2. The minimum Gasteiger partial charge on any atom is -0.478 e. The number of amides is 1. The number of aliphatic imine (C=N–C) groups is 1. The number of nitrogens with zero attached hydrogens (tertiary/aromatic N) is 3. The van der Waals surface area contributed by atoms with Gasteiger partial charge >= 0.3 is 5.97 Å². The van der Waals surface area contributed by atoms with E-state index >= 15 is 4.39 Å². The van der Waals surface area contributed by atoms with Crippen LogP contribution in [0.1, 0.15) is 53.7 Å². The Morgan fingerprint density at radius 3 is 2.46 bits per heavy atom. The number of pyridine rings is 2. The van der Waals surface area contributed by atoms with Crippen molar-refractivity contribution in [1.29, 1.82) is 0 Å². The van der Waals surface area contributed by atoms with E-state index in [-0.39, 0.29) is 28.6 Å². The molecule has 0 spiro atoms. The fourth-order valence-corrected chi connectivity index (χ4v) is 7.34. The van der Waals surface area contributed by atoms with Gasteiger partial charge in [0.2, 0.25) is 0 Å². The summed E-state index contributed by atoms with van der Waals surface area (Å²) < 4.78 is 44.0. The molecule has 4 heterocycles. The van der Waals surface area contributed by atoms with Crippen molar-refractivity contribution in [3.8, 4) is 0 Å². The van der Waals surface area contributed by atoms with Crippen molar-refractivity contribution >= 4 is 39.5 Å². The van der Waals surface area contributed by atoms with E-state index in [0.717, 1.165) is 12.3 Å². The number of hydrogen-bond donors (Lipinski definition) is 5. The molecule has 2 aliphatic rings. The SMILES string of the molecule is CC1(C)C(N)=N[C@](C)(c2nc(NC(=O)c3ccc(C(=O)O)cn3)ccc2F)C2(CC(F)(F)CN)NC=S12. The first-order valence-corrected chi connectivity index (χ1v) is 12.4. The molecule has 198 valence electrons. The van der Waals surface area contributed by atoms with Gasteiger partial charge in [0.1, 0.15) is 39.3 Å². The second kappa shape index (κ2) is 8.89. The Hall–Kier alpha value is -3.36. The number of rotatable bonds is 7. The van der Waals surface area contributed by atoms with Gasteiger partial charge < -0.3 is 21.9 Å². The van der Waals surface area contributed by atoms with Gasteiger partial charge in [-0.3, -0.25) is 20.1 Å². The van der Waals surface area contributed by atoms with E-state index in [9.17, 15) is 18.4 Å². The van der Waals surface area contributed by atoms with E-state index in [1.165, 1.54) is 25.1 Å². The number of carbonyl (C=O) groups excluding carboxylic acids is 1. The summed E-state index contributed by atoms with van der Waals surface area (Å²) in [6.45, 7) is 4.13. The molecule has 2 aliphatic heterocycles. The molecule has 10 nitrogen and oxygen atoms in total. The lowest BCUT2D eigenvalue weighted by atomic mass is 9.82. The highest BCUT2D eigenvalue weighted by molar-refractivity contribution is 8.19. The quantitative estimate of drug-likeness (QED) is 0.335. The molecule has 3 atom stereocenters. The number of anilines is 1. The maximum absolute atomic E-state index is 15.3. The molecule has 0 fully saturated rings. The number of aromatic carboxylic acids is 1. The van der Waals surface area contributed by atoms with Crippen molar-refractivity contribution < 1.29 is 27.9 Å². The average molecular weight is 538 g/mol. The zero-order valence-corrected chi connectivity index (χ0v) is 21.0. The number of aromatic nitrogens is 2. The van der Waals surface area contributed by atoms with Crippen LogP contribution in [0.4, 0.5) is 19.0 Å². The molecule has 0 bridgehead atoms. The maximum atomic E-state index is 15.3. The van der Waals surface area contributed by atoms with Gasteiger partial charge in [0.15, 0.2) is 0 Å². The van der Waals surface area contributed by atoms with Gasteiger partial charge in [0.05, 0.1) is 16.9 Å². The van der Waals surface area contributed by atoms with Gasteiger partial charge in [-0.05, 0) is 45.0 Å². The first kappa shape index (κ1) is 26.7. The lowest BCUT2D eigenvalue weighted by Crippen LogP contribution is -2.71. The molecule has 37 heavy (non-hydrogen) atoms. The molecule has 14 heteroatoms. The van der Waals surface area contributed by atoms with E-state index in [4.69, 9.17) is 16.6 Å². The molecule has 0 saturated carbocycles. The van der Waals surface area contributed by atoms with Crippen LogP contribution in [0.2, 0.25) is 0 Å². The molecule has 1 amide bonds. The summed E-state index contributed by atoms with van der Waals surface area (Å²) in [4.78, 5) is 34.8. The second-order valence-electron chi connectivity index (χ2n) is 9.46. The Morgan fingerprint density at radius 1 is 1.22 bits per heavy atom. The highest BCUT2D eigenvalue weighted by Gasteiger charge is 2.66. The molecular formula is C23H26F3N7O3S. The lowest BCUT2D eigenvalue weighted by Gasteiger charge is -2.60. The first-order valence-electron chi connectivity index (χ1n) is 11.1. The smallest absolute Gasteiger partial charge is 0.337 e. The fraction of sp³-hybridized carbons (Fsp3) is 0.391. The molecule has 2 aromatic heterocycles. The fourth-order valence-electron chi connectivity index (χ4n) is 4.45. The highest BCUT2D eigenvalue weighted by Crippen LogP contribution is 2.62. The largest absolute Gasteiger partial charge is 0.478 e. The number of carbonyl (C=O) groups is 2.